The van der Waals surface area contributed by atoms with E-state index >= 15 is 0 Å². The highest BCUT2D eigenvalue weighted by atomic mass is 16.5. The van der Waals surface area contributed by atoms with Gasteiger partial charge in [0.2, 0.25) is 0 Å². The number of para-hydroxylation sites is 4. The lowest BCUT2D eigenvalue weighted by Crippen LogP contribution is -2.32. The van der Waals surface area contributed by atoms with Crippen LogP contribution in [0, 0.1) is 6.92 Å². The lowest BCUT2D eigenvalue weighted by Gasteiger charge is -2.45. The lowest BCUT2D eigenvalue weighted by molar-refractivity contribution is 0.471. The molecule has 2 aliphatic heterocycles. The maximum Gasteiger partial charge on any atom is 0.152 e. The van der Waals surface area contributed by atoms with Crippen LogP contribution < -0.4 is 14.5 Å². The summed E-state index contributed by atoms with van der Waals surface area (Å²) in [5.74, 6) is 1.79. The minimum atomic E-state index is -0.200. The van der Waals surface area contributed by atoms with Crippen molar-refractivity contribution in [2.24, 2.45) is 0 Å². The van der Waals surface area contributed by atoms with Crippen LogP contribution >= 0.6 is 0 Å². The van der Waals surface area contributed by atoms with Crippen LogP contribution in [-0.4, -0.2) is 0 Å². The molecule has 0 spiro atoms. The molecule has 0 bridgehead atoms. The molecule has 208 valence electrons. The molecule has 2 heterocycles. The predicted octanol–water partition coefficient (Wildman–Crippen LogP) is 11.3. The molecule has 0 aromatic heterocycles. The van der Waals surface area contributed by atoms with Gasteiger partial charge in [-0.05, 0) is 95.4 Å². The second-order valence-electron chi connectivity index (χ2n) is 11.9. The lowest BCUT2D eigenvalue weighted by atomic mass is 9.72. The topological polar surface area (TPSA) is 15.7 Å². The number of rotatable bonds is 4. The van der Waals surface area contributed by atoms with E-state index in [9.17, 15) is 0 Å². The van der Waals surface area contributed by atoms with Crippen molar-refractivity contribution in [2.45, 2.75) is 26.2 Å². The van der Waals surface area contributed by atoms with E-state index in [1.165, 1.54) is 22.4 Å². The zero-order valence-corrected chi connectivity index (χ0v) is 24.6. The normalized spacial score (nSPS) is 13.8. The molecule has 0 radical (unpaired) electrons. The number of fused-ring (bicyclic) bond motifs is 4. The fourth-order valence-corrected chi connectivity index (χ4v) is 6.78. The smallest absolute Gasteiger partial charge is 0.152 e. The highest BCUT2D eigenvalue weighted by Gasteiger charge is 2.42. The van der Waals surface area contributed by atoms with Crippen molar-refractivity contribution in [1.29, 1.82) is 0 Å². The standard InChI is InChI=1S/C40H32N2O/c1-27-13-12-20-36-38(27)42-35-19-11-10-18-33(35)40(2,3)34-25-29(26-37(43-36)39(34)42)28-21-23-32(24-22-28)41(30-14-6-4-7-15-30)31-16-8-5-9-17-31/h4-26H,1-3H3. The van der Waals surface area contributed by atoms with E-state index in [1.807, 2.05) is 0 Å². The van der Waals surface area contributed by atoms with Gasteiger partial charge in [0.25, 0.3) is 0 Å². The highest BCUT2D eigenvalue weighted by molar-refractivity contribution is 5.95. The van der Waals surface area contributed by atoms with Gasteiger partial charge in [-0.1, -0.05) is 92.7 Å². The Morgan fingerprint density at radius 3 is 1.86 bits per heavy atom. The molecule has 43 heavy (non-hydrogen) atoms. The van der Waals surface area contributed by atoms with Crippen LogP contribution in [0.5, 0.6) is 11.5 Å². The number of benzene rings is 6. The molecule has 0 unspecified atom stereocenters. The zero-order chi connectivity index (χ0) is 29.1. The fourth-order valence-electron chi connectivity index (χ4n) is 6.78. The molecular weight excluding hydrogens is 524 g/mol. The minimum Gasteiger partial charge on any atom is -0.453 e. The molecule has 0 atom stereocenters. The Kier molecular flexibility index (Phi) is 5.70. The van der Waals surface area contributed by atoms with Crippen LogP contribution in [0.15, 0.2) is 140 Å². The Morgan fingerprint density at radius 2 is 1.16 bits per heavy atom. The molecule has 0 amide bonds. The Balaban J connectivity index is 1.27. The van der Waals surface area contributed by atoms with E-state index in [1.54, 1.807) is 0 Å². The van der Waals surface area contributed by atoms with Crippen LogP contribution in [0.4, 0.5) is 34.1 Å². The second kappa shape index (κ2) is 9.64. The summed E-state index contributed by atoms with van der Waals surface area (Å²) in [6.45, 7) is 6.83. The first kappa shape index (κ1) is 25.4. The third-order valence-electron chi connectivity index (χ3n) is 8.92. The summed E-state index contributed by atoms with van der Waals surface area (Å²) in [5, 5.41) is 0. The third-order valence-corrected chi connectivity index (χ3v) is 8.92. The largest absolute Gasteiger partial charge is 0.453 e. The highest BCUT2D eigenvalue weighted by Crippen LogP contribution is 2.61. The van der Waals surface area contributed by atoms with Gasteiger partial charge in [-0.3, -0.25) is 0 Å². The minimum absolute atomic E-state index is 0.200. The number of aryl methyl sites for hydroxylation is 1. The first-order valence-corrected chi connectivity index (χ1v) is 14.9. The van der Waals surface area contributed by atoms with Crippen molar-refractivity contribution >= 4 is 34.1 Å². The second-order valence-corrected chi connectivity index (χ2v) is 11.9. The molecule has 3 nitrogen and oxygen atoms in total. The van der Waals surface area contributed by atoms with Crippen molar-refractivity contribution < 1.29 is 4.74 Å². The number of nitrogens with zero attached hydrogens (tertiary/aromatic N) is 2. The Bertz CT molecular complexity index is 1940. The van der Waals surface area contributed by atoms with Gasteiger partial charge in [-0.15, -0.1) is 0 Å². The summed E-state index contributed by atoms with van der Waals surface area (Å²) in [4.78, 5) is 4.71. The average molecular weight is 557 g/mol. The average Bonchev–Trinajstić information content (AvgIpc) is 3.04. The molecule has 8 rings (SSSR count). The number of hydrogen-bond acceptors (Lipinski definition) is 3. The molecule has 0 fully saturated rings. The van der Waals surface area contributed by atoms with Crippen molar-refractivity contribution in [1.82, 2.24) is 0 Å². The zero-order valence-electron chi connectivity index (χ0n) is 24.6. The Hall–Kier alpha value is -5.28. The van der Waals surface area contributed by atoms with Crippen LogP contribution in [0.1, 0.15) is 30.5 Å². The summed E-state index contributed by atoms with van der Waals surface area (Å²) < 4.78 is 6.70. The van der Waals surface area contributed by atoms with E-state index < -0.39 is 0 Å². The van der Waals surface area contributed by atoms with Crippen molar-refractivity contribution in [3.05, 3.63) is 156 Å². The van der Waals surface area contributed by atoms with E-state index in [0.717, 1.165) is 51.1 Å². The molecule has 0 aliphatic carbocycles. The summed E-state index contributed by atoms with van der Waals surface area (Å²) in [5.41, 5.74) is 12.7. The van der Waals surface area contributed by atoms with Gasteiger partial charge in [0.1, 0.15) is 0 Å². The summed E-state index contributed by atoms with van der Waals surface area (Å²) in [6.07, 6.45) is 0. The summed E-state index contributed by atoms with van der Waals surface area (Å²) in [7, 11) is 0. The molecule has 6 aromatic carbocycles. The summed E-state index contributed by atoms with van der Waals surface area (Å²) >= 11 is 0. The van der Waals surface area contributed by atoms with Crippen molar-refractivity contribution in [2.75, 3.05) is 9.80 Å². The molecule has 6 aromatic rings. The Labute approximate surface area is 253 Å². The molecule has 2 aliphatic rings. The van der Waals surface area contributed by atoms with Crippen LogP contribution in [0.2, 0.25) is 0 Å². The van der Waals surface area contributed by atoms with Crippen LogP contribution in [0.25, 0.3) is 11.1 Å². The molecular formula is C40H32N2O. The first-order chi connectivity index (χ1) is 21.0. The third kappa shape index (κ3) is 3.96. The predicted molar refractivity (Wildman–Crippen MR) is 178 cm³/mol. The first-order valence-electron chi connectivity index (χ1n) is 14.9. The molecule has 0 N–H and O–H groups in total. The van der Waals surface area contributed by atoms with Gasteiger partial charge in [0.05, 0.1) is 17.1 Å². The van der Waals surface area contributed by atoms with Gasteiger partial charge in [-0.2, -0.15) is 0 Å². The van der Waals surface area contributed by atoms with Crippen molar-refractivity contribution in [3.8, 4) is 22.6 Å². The van der Waals surface area contributed by atoms with E-state index in [-0.39, 0.29) is 5.41 Å². The maximum absolute atomic E-state index is 6.70. The monoisotopic (exact) mass is 556 g/mol. The fraction of sp³-hybridized carbons (Fsp3) is 0.100. The SMILES string of the molecule is Cc1cccc2c1N1c3ccccc3C(C)(C)c3cc(-c4ccc(N(c5ccccc5)c5ccccc5)cc4)cc(c31)O2. The summed E-state index contributed by atoms with van der Waals surface area (Å²) in [6, 6.07) is 49.6. The number of ether oxygens (including phenoxy) is 1. The molecule has 0 saturated carbocycles. The molecule has 0 saturated heterocycles. The van der Waals surface area contributed by atoms with Crippen molar-refractivity contribution in [3.63, 3.8) is 0 Å². The van der Waals surface area contributed by atoms with Crippen LogP contribution in [-0.2, 0) is 5.41 Å². The van der Waals surface area contributed by atoms with Gasteiger partial charge in [0, 0.05) is 22.5 Å². The Morgan fingerprint density at radius 1 is 0.535 bits per heavy atom. The van der Waals surface area contributed by atoms with Crippen LogP contribution in [0.3, 0.4) is 0 Å². The maximum atomic E-state index is 6.70. The van der Waals surface area contributed by atoms with E-state index in [4.69, 9.17) is 4.74 Å². The number of hydrogen-bond donors (Lipinski definition) is 0. The van der Waals surface area contributed by atoms with Gasteiger partial charge in [0.15, 0.2) is 11.5 Å². The van der Waals surface area contributed by atoms with Gasteiger partial charge < -0.3 is 14.5 Å². The van der Waals surface area contributed by atoms with Gasteiger partial charge >= 0.3 is 0 Å². The number of anilines is 6. The van der Waals surface area contributed by atoms with E-state index in [0.29, 0.717) is 0 Å². The van der Waals surface area contributed by atoms with Gasteiger partial charge in [-0.25, -0.2) is 0 Å². The molecule has 3 heteroatoms. The quantitative estimate of drug-likeness (QED) is 0.214. The van der Waals surface area contributed by atoms with E-state index in [2.05, 4.69) is 170 Å².